The van der Waals surface area contributed by atoms with E-state index in [9.17, 15) is 4.79 Å². The van der Waals surface area contributed by atoms with Gasteiger partial charge in [-0.15, -0.1) is 0 Å². The van der Waals surface area contributed by atoms with Crippen LogP contribution in [0.15, 0.2) is 28.7 Å². The average Bonchev–Trinajstić information content (AvgIpc) is 2.72. The Bertz CT molecular complexity index is 834. The molecular formula is C21H25BrO6. The van der Waals surface area contributed by atoms with Gasteiger partial charge in [0, 0.05) is 4.47 Å². The lowest BCUT2D eigenvalue weighted by atomic mass is 9.97. The molecule has 7 heteroatoms. The van der Waals surface area contributed by atoms with E-state index in [0.717, 1.165) is 27.6 Å². The molecule has 0 N–H and O–H groups in total. The summed E-state index contributed by atoms with van der Waals surface area (Å²) in [4.78, 5) is 11.8. The Morgan fingerprint density at radius 1 is 0.714 bits per heavy atom. The standard InChI is InChI=1S/C21H25BrO6/c1-24-17-8-13(15(10-19(17)26-3)11-21(23)28-5)6-7-14-9-18(25-2)20(27-4)12-16(14)22/h8-10,12H,6-7,11H2,1-5H3. The van der Waals surface area contributed by atoms with Crippen LogP contribution in [0.2, 0.25) is 0 Å². The molecule has 0 aliphatic heterocycles. The topological polar surface area (TPSA) is 63.2 Å². The highest BCUT2D eigenvalue weighted by molar-refractivity contribution is 9.10. The minimum absolute atomic E-state index is 0.166. The zero-order chi connectivity index (χ0) is 20.7. The molecule has 152 valence electrons. The first-order valence-electron chi connectivity index (χ1n) is 8.68. The summed E-state index contributed by atoms with van der Waals surface area (Å²) in [6, 6.07) is 7.57. The Labute approximate surface area is 173 Å². The van der Waals surface area contributed by atoms with Crippen LogP contribution in [0.4, 0.5) is 0 Å². The SMILES string of the molecule is COC(=O)Cc1cc(OC)c(OC)cc1CCc1cc(OC)c(OC)cc1Br. The number of aryl methyl sites for hydroxylation is 2. The van der Waals surface area contributed by atoms with Crippen molar-refractivity contribution in [2.45, 2.75) is 19.3 Å². The fraction of sp³-hybridized carbons (Fsp3) is 0.381. The van der Waals surface area contributed by atoms with E-state index in [1.165, 1.54) is 7.11 Å². The third-order valence-corrected chi connectivity index (χ3v) is 5.22. The van der Waals surface area contributed by atoms with Crippen LogP contribution >= 0.6 is 15.9 Å². The lowest BCUT2D eigenvalue weighted by Gasteiger charge is -2.16. The molecule has 0 saturated heterocycles. The lowest BCUT2D eigenvalue weighted by Crippen LogP contribution is -2.09. The Morgan fingerprint density at radius 3 is 1.64 bits per heavy atom. The maximum Gasteiger partial charge on any atom is 0.309 e. The number of carbonyl (C=O) groups excluding carboxylic acids is 1. The van der Waals surface area contributed by atoms with Crippen LogP contribution in [0.25, 0.3) is 0 Å². The van der Waals surface area contributed by atoms with Gasteiger partial charge < -0.3 is 23.7 Å². The van der Waals surface area contributed by atoms with Gasteiger partial charge in [0.1, 0.15) is 0 Å². The average molecular weight is 453 g/mol. The number of hydrogen-bond acceptors (Lipinski definition) is 6. The summed E-state index contributed by atoms with van der Waals surface area (Å²) in [7, 11) is 7.75. The molecule has 0 atom stereocenters. The molecule has 0 bridgehead atoms. The molecule has 0 unspecified atom stereocenters. The second-order valence-electron chi connectivity index (χ2n) is 6.03. The number of methoxy groups -OCH3 is 5. The normalized spacial score (nSPS) is 10.4. The molecule has 0 radical (unpaired) electrons. The lowest BCUT2D eigenvalue weighted by molar-refractivity contribution is -0.139. The van der Waals surface area contributed by atoms with Crippen LogP contribution in [0.5, 0.6) is 23.0 Å². The Hall–Kier alpha value is -2.41. The highest BCUT2D eigenvalue weighted by Gasteiger charge is 2.16. The van der Waals surface area contributed by atoms with Gasteiger partial charge >= 0.3 is 5.97 Å². The number of carbonyl (C=O) groups is 1. The van der Waals surface area contributed by atoms with Gasteiger partial charge in [0.15, 0.2) is 23.0 Å². The Kier molecular flexibility index (Phi) is 7.99. The van der Waals surface area contributed by atoms with E-state index >= 15 is 0 Å². The van der Waals surface area contributed by atoms with Crippen LogP contribution in [0.1, 0.15) is 16.7 Å². The van der Waals surface area contributed by atoms with Crippen LogP contribution < -0.4 is 18.9 Å². The van der Waals surface area contributed by atoms with E-state index in [1.54, 1.807) is 28.4 Å². The largest absolute Gasteiger partial charge is 0.493 e. The van der Waals surface area contributed by atoms with Gasteiger partial charge in [0.05, 0.1) is 42.0 Å². The zero-order valence-electron chi connectivity index (χ0n) is 16.8. The van der Waals surface area contributed by atoms with E-state index in [-0.39, 0.29) is 12.4 Å². The van der Waals surface area contributed by atoms with Crippen LogP contribution in [-0.4, -0.2) is 41.5 Å². The van der Waals surface area contributed by atoms with Gasteiger partial charge in [0.2, 0.25) is 0 Å². The molecule has 2 rings (SSSR count). The molecule has 0 aromatic heterocycles. The van der Waals surface area contributed by atoms with E-state index < -0.39 is 0 Å². The first kappa shape index (κ1) is 21.9. The molecule has 0 aliphatic carbocycles. The predicted molar refractivity (Wildman–Crippen MR) is 110 cm³/mol. The van der Waals surface area contributed by atoms with Crippen molar-refractivity contribution in [2.75, 3.05) is 35.5 Å². The van der Waals surface area contributed by atoms with Gasteiger partial charge in [-0.3, -0.25) is 4.79 Å². The van der Waals surface area contributed by atoms with Crippen LogP contribution in [0.3, 0.4) is 0 Å². The number of halogens is 1. The minimum atomic E-state index is -0.305. The van der Waals surface area contributed by atoms with E-state index in [4.69, 9.17) is 23.7 Å². The first-order valence-corrected chi connectivity index (χ1v) is 9.47. The molecule has 0 spiro atoms. The Morgan fingerprint density at radius 2 is 1.14 bits per heavy atom. The molecular weight excluding hydrogens is 428 g/mol. The summed E-state index contributed by atoms with van der Waals surface area (Å²) in [5, 5.41) is 0. The van der Waals surface area contributed by atoms with E-state index in [2.05, 4.69) is 15.9 Å². The van der Waals surface area contributed by atoms with Crippen molar-refractivity contribution in [3.8, 4) is 23.0 Å². The summed E-state index contributed by atoms with van der Waals surface area (Å²) in [5.74, 6) is 2.23. The summed E-state index contributed by atoms with van der Waals surface area (Å²) in [6.07, 6.45) is 1.59. The minimum Gasteiger partial charge on any atom is -0.493 e. The number of benzene rings is 2. The highest BCUT2D eigenvalue weighted by atomic mass is 79.9. The molecule has 28 heavy (non-hydrogen) atoms. The third-order valence-electron chi connectivity index (χ3n) is 4.48. The van der Waals surface area contributed by atoms with Crippen molar-refractivity contribution in [1.82, 2.24) is 0 Å². The molecule has 2 aromatic carbocycles. The fourth-order valence-electron chi connectivity index (χ4n) is 2.95. The van der Waals surface area contributed by atoms with Crippen molar-refractivity contribution < 1.29 is 28.5 Å². The molecule has 0 fully saturated rings. The van der Waals surface area contributed by atoms with E-state index in [0.29, 0.717) is 29.4 Å². The third kappa shape index (κ3) is 5.10. The molecule has 0 saturated carbocycles. The van der Waals surface area contributed by atoms with Gasteiger partial charge in [-0.1, -0.05) is 15.9 Å². The maximum atomic E-state index is 11.8. The predicted octanol–water partition coefficient (Wildman–Crippen LogP) is 3.98. The summed E-state index contributed by atoms with van der Waals surface area (Å²) in [6.45, 7) is 0. The summed E-state index contributed by atoms with van der Waals surface area (Å²) in [5.41, 5.74) is 2.90. The number of hydrogen-bond donors (Lipinski definition) is 0. The quantitative estimate of drug-likeness (QED) is 0.536. The van der Waals surface area contributed by atoms with Crippen molar-refractivity contribution in [3.05, 3.63) is 45.4 Å². The maximum absolute atomic E-state index is 11.8. The smallest absolute Gasteiger partial charge is 0.309 e. The monoisotopic (exact) mass is 452 g/mol. The second kappa shape index (κ2) is 10.2. The highest BCUT2D eigenvalue weighted by Crippen LogP contribution is 2.35. The summed E-state index contributed by atoms with van der Waals surface area (Å²) >= 11 is 3.59. The number of ether oxygens (including phenoxy) is 5. The van der Waals surface area contributed by atoms with Gasteiger partial charge in [-0.25, -0.2) is 0 Å². The summed E-state index contributed by atoms with van der Waals surface area (Å²) < 4.78 is 27.3. The zero-order valence-corrected chi connectivity index (χ0v) is 18.3. The Balaban J connectivity index is 2.35. The van der Waals surface area contributed by atoms with Crippen LogP contribution in [-0.2, 0) is 28.8 Å². The van der Waals surface area contributed by atoms with Gasteiger partial charge in [-0.2, -0.15) is 0 Å². The van der Waals surface area contributed by atoms with Crippen molar-refractivity contribution in [2.24, 2.45) is 0 Å². The molecule has 0 aliphatic rings. The molecule has 0 amide bonds. The molecule has 6 nitrogen and oxygen atoms in total. The molecule has 0 heterocycles. The fourth-order valence-corrected chi connectivity index (χ4v) is 3.47. The van der Waals surface area contributed by atoms with E-state index in [1.807, 2.05) is 24.3 Å². The van der Waals surface area contributed by atoms with Gasteiger partial charge in [0.25, 0.3) is 0 Å². The van der Waals surface area contributed by atoms with Crippen molar-refractivity contribution >= 4 is 21.9 Å². The van der Waals surface area contributed by atoms with Gasteiger partial charge in [-0.05, 0) is 53.8 Å². The van der Waals surface area contributed by atoms with Crippen molar-refractivity contribution in [1.29, 1.82) is 0 Å². The first-order chi connectivity index (χ1) is 13.5. The number of rotatable bonds is 9. The second-order valence-corrected chi connectivity index (χ2v) is 6.88. The van der Waals surface area contributed by atoms with Crippen LogP contribution in [0, 0.1) is 0 Å². The molecule has 2 aromatic rings. The van der Waals surface area contributed by atoms with Crippen molar-refractivity contribution in [3.63, 3.8) is 0 Å². The number of esters is 1.